The van der Waals surface area contributed by atoms with Crippen molar-refractivity contribution in [3.8, 4) is 11.3 Å². The van der Waals surface area contributed by atoms with E-state index in [0.29, 0.717) is 22.5 Å². The van der Waals surface area contributed by atoms with Gasteiger partial charge in [-0.2, -0.15) is 0 Å². The molecule has 0 atom stereocenters. The zero-order chi connectivity index (χ0) is 20.9. The van der Waals surface area contributed by atoms with E-state index in [4.69, 9.17) is 0 Å². The summed E-state index contributed by atoms with van der Waals surface area (Å²) in [4.78, 5) is 19.4. The Hall–Kier alpha value is -3.11. The first-order valence-corrected chi connectivity index (χ1v) is 10.9. The summed E-state index contributed by atoms with van der Waals surface area (Å²) in [5.74, 6) is -0.232. The van der Waals surface area contributed by atoms with Crippen molar-refractivity contribution in [2.24, 2.45) is 7.05 Å². The number of rotatable bonds is 7. The lowest BCUT2D eigenvalue weighted by molar-refractivity contribution is -0.116. The summed E-state index contributed by atoms with van der Waals surface area (Å²) >= 11 is 2.65. The van der Waals surface area contributed by atoms with E-state index in [1.165, 1.54) is 39.9 Å². The van der Waals surface area contributed by atoms with E-state index < -0.39 is 0 Å². The highest BCUT2D eigenvalue weighted by Gasteiger charge is 2.21. The molecule has 152 valence electrons. The Bertz CT molecular complexity index is 1130. The molecule has 2 heterocycles. The van der Waals surface area contributed by atoms with Crippen molar-refractivity contribution >= 4 is 34.1 Å². The van der Waals surface area contributed by atoms with E-state index in [1.807, 2.05) is 35.7 Å². The van der Waals surface area contributed by atoms with Crippen LogP contribution in [0.4, 0.5) is 9.52 Å². The molecular formula is C20H17FN6OS2. The molecule has 7 nitrogen and oxygen atoms in total. The number of carbonyl (C=O) groups is 1. The van der Waals surface area contributed by atoms with Crippen molar-refractivity contribution in [3.63, 3.8) is 0 Å². The van der Waals surface area contributed by atoms with Gasteiger partial charge in [0.1, 0.15) is 5.82 Å². The van der Waals surface area contributed by atoms with Gasteiger partial charge in [0.05, 0.1) is 18.0 Å². The Morgan fingerprint density at radius 3 is 2.63 bits per heavy atom. The molecular weight excluding hydrogens is 423 g/mol. The largest absolute Gasteiger partial charge is 0.283 e. The van der Waals surface area contributed by atoms with Gasteiger partial charge >= 0.3 is 0 Å². The minimum absolute atomic E-state index is 0.105. The van der Waals surface area contributed by atoms with Crippen molar-refractivity contribution in [3.05, 3.63) is 71.4 Å². The molecule has 1 amide bonds. The molecule has 0 aliphatic heterocycles. The summed E-state index contributed by atoms with van der Waals surface area (Å²) in [6.45, 7) is 0.396. The maximum absolute atomic E-state index is 13.2. The molecule has 0 aliphatic carbocycles. The zero-order valence-corrected chi connectivity index (χ0v) is 17.6. The second-order valence-corrected chi connectivity index (χ2v) is 8.14. The molecule has 0 saturated heterocycles. The van der Waals surface area contributed by atoms with E-state index >= 15 is 0 Å². The molecule has 0 radical (unpaired) electrons. The number of thiazole rings is 1. The van der Waals surface area contributed by atoms with Gasteiger partial charge in [0.15, 0.2) is 5.13 Å². The number of carbonyl (C=O) groups excluding carboxylic acids is 1. The fourth-order valence-corrected chi connectivity index (χ4v) is 4.29. The molecule has 30 heavy (non-hydrogen) atoms. The first kappa shape index (κ1) is 20.2. The molecule has 2 aromatic carbocycles. The highest BCUT2D eigenvalue weighted by molar-refractivity contribution is 7.99. The molecule has 0 spiro atoms. The Morgan fingerprint density at radius 2 is 1.93 bits per heavy atom. The van der Waals surface area contributed by atoms with Gasteiger partial charge in [-0.15, -0.1) is 16.4 Å². The standard InChI is InChI=1S/C20H17FN6OS2/c1-26-20(23-24-25-26)30-13-18(28)27(11-14-5-3-2-4-6-14)19-22-17(12-29-19)15-7-9-16(21)10-8-15/h2-10,12H,11,13H2,1H3. The Kier molecular flexibility index (Phi) is 6.15. The lowest BCUT2D eigenvalue weighted by Crippen LogP contribution is -2.32. The van der Waals surface area contributed by atoms with Crippen LogP contribution >= 0.6 is 23.1 Å². The fourth-order valence-electron chi connectivity index (χ4n) is 2.72. The summed E-state index contributed by atoms with van der Waals surface area (Å²) in [5, 5.41) is 14.3. The van der Waals surface area contributed by atoms with Crippen LogP contribution < -0.4 is 4.90 Å². The first-order valence-electron chi connectivity index (χ1n) is 9.01. The molecule has 0 unspecified atom stereocenters. The third kappa shape index (κ3) is 4.71. The molecule has 0 aliphatic rings. The van der Waals surface area contributed by atoms with Crippen molar-refractivity contribution < 1.29 is 9.18 Å². The Labute approximate surface area is 180 Å². The number of amides is 1. The van der Waals surface area contributed by atoms with Gasteiger partial charge in [0.25, 0.3) is 0 Å². The van der Waals surface area contributed by atoms with E-state index in [-0.39, 0.29) is 17.5 Å². The van der Waals surface area contributed by atoms with Gasteiger partial charge in [0, 0.05) is 18.0 Å². The topological polar surface area (TPSA) is 76.8 Å². The minimum atomic E-state index is -0.301. The maximum atomic E-state index is 13.2. The van der Waals surface area contributed by atoms with Crippen LogP contribution in [0.1, 0.15) is 5.56 Å². The smallest absolute Gasteiger partial charge is 0.239 e. The number of halogens is 1. The Morgan fingerprint density at radius 1 is 1.17 bits per heavy atom. The minimum Gasteiger partial charge on any atom is -0.283 e. The molecule has 10 heteroatoms. The van der Waals surface area contributed by atoms with Gasteiger partial charge in [-0.1, -0.05) is 42.1 Å². The van der Waals surface area contributed by atoms with Crippen LogP contribution in [0, 0.1) is 5.82 Å². The summed E-state index contributed by atoms with van der Waals surface area (Å²) in [5.41, 5.74) is 2.49. The third-order valence-corrected chi connectivity index (χ3v) is 6.11. The van der Waals surface area contributed by atoms with Gasteiger partial charge in [-0.25, -0.2) is 14.1 Å². The van der Waals surface area contributed by atoms with Gasteiger partial charge in [-0.05, 0) is 40.3 Å². The number of benzene rings is 2. The number of aromatic nitrogens is 5. The van der Waals surface area contributed by atoms with Crippen molar-refractivity contribution in [1.29, 1.82) is 0 Å². The number of thioether (sulfide) groups is 1. The average molecular weight is 441 g/mol. The number of hydrogen-bond donors (Lipinski definition) is 0. The van der Waals surface area contributed by atoms with Gasteiger partial charge in [-0.3, -0.25) is 9.69 Å². The third-order valence-electron chi connectivity index (χ3n) is 4.25. The molecule has 0 saturated carbocycles. The van der Waals surface area contributed by atoms with Crippen LogP contribution in [0.5, 0.6) is 0 Å². The highest BCUT2D eigenvalue weighted by atomic mass is 32.2. The van der Waals surface area contributed by atoms with E-state index in [9.17, 15) is 9.18 Å². The van der Waals surface area contributed by atoms with Crippen LogP contribution in [0.3, 0.4) is 0 Å². The lowest BCUT2D eigenvalue weighted by Gasteiger charge is -2.19. The SMILES string of the molecule is Cn1nnnc1SCC(=O)N(Cc1ccccc1)c1nc(-c2ccc(F)cc2)cs1. The number of aryl methyl sites for hydroxylation is 1. The van der Waals surface area contributed by atoms with Crippen LogP contribution in [0.2, 0.25) is 0 Å². The van der Waals surface area contributed by atoms with Gasteiger partial charge in [0.2, 0.25) is 11.1 Å². The van der Waals surface area contributed by atoms with E-state index in [2.05, 4.69) is 20.5 Å². The van der Waals surface area contributed by atoms with Gasteiger partial charge < -0.3 is 0 Å². The van der Waals surface area contributed by atoms with E-state index in [0.717, 1.165) is 11.1 Å². The van der Waals surface area contributed by atoms with Crippen LogP contribution in [-0.4, -0.2) is 36.9 Å². The normalized spacial score (nSPS) is 10.9. The quantitative estimate of drug-likeness (QED) is 0.407. The summed E-state index contributed by atoms with van der Waals surface area (Å²) in [6.07, 6.45) is 0. The zero-order valence-electron chi connectivity index (χ0n) is 16.0. The number of hydrogen-bond acceptors (Lipinski definition) is 7. The molecule has 0 fully saturated rings. The first-order chi connectivity index (χ1) is 14.6. The number of nitrogens with zero attached hydrogens (tertiary/aromatic N) is 6. The van der Waals surface area contributed by atoms with E-state index in [1.54, 1.807) is 24.1 Å². The molecule has 2 aromatic heterocycles. The molecule has 4 rings (SSSR count). The number of tetrazole rings is 1. The molecule has 0 bridgehead atoms. The van der Waals surface area contributed by atoms with Crippen LogP contribution in [-0.2, 0) is 18.4 Å². The molecule has 4 aromatic rings. The lowest BCUT2D eigenvalue weighted by atomic mass is 10.2. The predicted octanol–water partition coefficient (Wildman–Crippen LogP) is 3.80. The van der Waals surface area contributed by atoms with Crippen molar-refractivity contribution in [2.45, 2.75) is 11.7 Å². The molecule has 0 N–H and O–H groups in total. The average Bonchev–Trinajstić information content (AvgIpc) is 3.41. The fraction of sp³-hybridized carbons (Fsp3) is 0.150. The van der Waals surface area contributed by atoms with Crippen molar-refractivity contribution in [2.75, 3.05) is 10.7 Å². The summed E-state index contributed by atoms with van der Waals surface area (Å²) in [7, 11) is 1.73. The second-order valence-electron chi connectivity index (χ2n) is 6.36. The van der Waals surface area contributed by atoms with Crippen LogP contribution in [0.15, 0.2) is 65.1 Å². The highest BCUT2D eigenvalue weighted by Crippen LogP contribution is 2.29. The number of anilines is 1. The monoisotopic (exact) mass is 440 g/mol. The summed E-state index contributed by atoms with van der Waals surface area (Å²) in [6, 6.07) is 15.9. The Balaban J connectivity index is 1.57. The predicted molar refractivity (Wildman–Crippen MR) is 115 cm³/mol. The van der Waals surface area contributed by atoms with Crippen molar-refractivity contribution in [1.82, 2.24) is 25.2 Å². The second kappa shape index (κ2) is 9.14. The van der Waals surface area contributed by atoms with Crippen LogP contribution in [0.25, 0.3) is 11.3 Å². The summed E-state index contributed by atoms with van der Waals surface area (Å²) < 4.78 is 14.7. The maximum Gasteiger partial charge on any atom is 0.239 e.